The van der Waals surface area contributed by atoms with E-state index in [2.05, 4.69) is 29.7 Å². The summed E-state index contributed by atoms with van der Waals surface area (Å²) in [5.74, 6) is 3.17. The Bertz CT molecular complexity index is 768. The van der Waals surface area contributed by atoms with E-state index in [1.807, 2.05) is 0 Å². The molecular formula is C18H25N7O. The summed E-state index contributed by atoms with van der Waals surface area (Å²) in [6.07, 6.45) is 11.0. The van der Waals surface area contributed by atoms with Gasteiger partial charge in [0.25, 0.3) is 0 Å². The predicted molar refractivity (Wildman–Crippen MR) is 93.3 cm³/mol. The Morgan fingerprint density at radius 2 is 1.88 bits per heavy atom. The summed E-state index contributed by atoms with van der Waals surface area (Å²) in [6, 6.07) is 0.535. The topological polar surface area (TPSA) is 81.7 Å². The standard InChI is InChI=1S/C18H25N7O/c26-18(14-2-1-3-14)23-8-6-13(7-9-23)17-22-21-16(25(17)15-4-5-15)10-24-12-19-11-20-24/h11-15H,1-10H2. The highest BCUT2D eigenvalue weighted by atomic mass is 16.2. The van der Waals surface area contributed by atoms with Crippen molar-refractivity contribution >= 4 is 5.91 Å². The van der Waals surface area contributed by atoms with Crippen molar-refractivity contribution in [3.05, 3.63) is 24.3 Å². The minimum atomic E-state index is 0.302. The van der Waals surface area contributed by atoms with Crippen molar-refractivity contribution in [3.63, 3.8) is 0 Å². The Morgan fingerprint density at radius 1 is 1.08 bits per heavy atom. The van der Waals surface area contributed by atoms with Crippen molar-refractivity contribution in [2.24, 2.45) is 5.92 Å². The first-order valence-corrected chi connectivity index (χ1v) is 9.84. The normalized spacial score (nSPS) is 21.8. The van der Waals surface area contributed by atoms with Crippen LogP contribution in [-0.2, 0) is 11.3 Å². The van der Waals surface area contributed by atoms with Crippen LogP contribution in [0.3, 0.4) is 0 Å². The van der Waals surface area contributed by atoms with Gasteiger partial charge in [0.15, 0.2) is 5.82 Å². The molecule has 3 aliphatic rings. The fourth-order valence-corrected chi connectivity index (χ4v) is 4.18. The summed E-state index contributed by atoms with van der Waals surface area (Å²) < 4.78 is 4.14. The minimum absolute atomic E-state index is 0.302. The zero-order valence-corrected chi connectivity index (χ0v) is 15.0. The number of carbonyl (C=O) groups excluding carboxylic acids is 1. The smallest absolute Gasteiger partial charge is 0.225 e. The molecular weight excluding hydrogens is 330 g/mol. The minimum Gasteiger partial charge on any atom is -0.342 e. The van der Waals surface area contributed by atoms with Crippen molar-refractivity contribution in [1.82, 2.24) is 34.4 Å². The number of carbonyl (C=O) groups is 1. The van der Waals surface area contributed by atoms with Gasteiger partial charge in [0.05, 0.1) is 0 Å². The first-order valence-electron chi connectivity index (χ1n) is 9.84. The van der Waals surface area contributed by atoms with Crippen LogP contribution in [0.4, 0.5) is 0 Å². The number of likely N-dealkylation sites (tertiary alicyclic amines) is 1. The van der Waals surface area contributed by atoms with Gasteiger partial charge < -0.3 is 9.47 Å². The first-order chi connectivity index (χ1) is 12.8. The number of nitrogens with zero attached hydrogens (tertiary/aromatic N) is 7. The summed E-state index contributed by atoms with van der Waals surface area (Å²) in [4.78, 5) is 18.6. The van der Waals surface area contributed by atoms with Gasteiger partial charge in [0.2, 0.25) is 5.91 Å². The van der Waals surface area contributed by atoms with Crippen LogP contribution < -0.4 is 0 Å². The fourth-order valence-electron chi connectivity index (χ4n) is 4.18. The van der Waals surface area contributed by atoms with Gasteiger partial charge in [-0.3, -0.25) is 4.79 Å². The van der Waals surface area contributed by atoms with E-state index in [1.54, 1.807) is 17.3 Å². The van der Waals surface area contributed by atoms with Gasteiger partial charge in [-0.25, -0.2) is 9.67 Å². The van der Waals surface area contributed by atoms with Gasteiger partial charge in [-0.2, -0.15) is 5.10 Å². The number of piperidine rings is 1. The molecule has 138 valence electrons. The molecule has 5 rings (SSSR count). The van der Waals surface area contributed by atoms with Gasteiger partial charge in [-0.1, -0.05) is 6.42 Å². The van der Waals surface area contributed by atoms with Crippen LogP contribution in [0.25, 0.3) is 0 Å². The maximum atomic E-state index is 12.5. The third kappa shape index (κ3) is 2.91. The molecule has 0 radical (unpaired) electrons. The van der Waals surface area contributed by atoms with E-state index in [-0.39, 0.29) is 0 Å². The van der Waals surface area contributed by atoms with Gasteiger partial charge in [-0.15, -0.1) is 10.2 Å². The molecule has 2 saturated carbocycles. The zero-order valence-electron chi connectivity index (χ0n) is 15.0. The highest BCUT2D eigenvalue weighted by Crippen LogP contribution is 2.40. The number of rotatable bonds is 5. The van der Waals surface area contributed by atoms with Crippen LogP contribution in [0.2, 0.25) is 0 Å². The van der Waals surface area contributed by atoms with Crippen LogP contribution in [-0.4, -0.2) is 53.4 Å². The van der Waals surface area contributed by atoms with E-state index >= 15 is 0 Å². The van der Waals surface area contributed by atoms with Gasteiger partial charge in [0, 0.05) is 31.0 Å². The van der Waals surface area contributed by atoms with Gasteiger partial charge in [-0.05, 0) is 38.5 Å². The molecule has 1 amide bonds. The van der Waals surface area contributed by atoms with Crippen LogP contribution in [0, 0.1) is 5.92 Å². The lowest BCUT2D eigenvalue weighted by molar-refractivity contribution is -0.139. The molecule has 3 heterocycles. The molecule has 2 aliphatic carbocycles. The first kappa shape index (κ1) is 16.0. The number of amides is 1. The largest absolute Gasteiger partial charge is 0.342 e. The Morgan fingerprint density at radius 3 is 2.50 bits per heavy atom. The van der Waals surface area contributed by atoms with E-state index in [0.29, 0.717) is 30.3 Å². The molecule has 0 bridgehead atoms. The van der Waals surface area contributed by atoms with Crippen LogP contribution in [0.1, 0.15) is 68.6 Å². The molecule has 0 unspecified atom stereocenters. The molecule has 2 aromatic heterocycles. The summed E-state index contributed by atoms with van der Waals surface area (Å²) in [6.45, 7) is 2.33. The molecule has 8 nitrogen and oxygen atoms in total. The molecule has 2 aromatic rings. The van der Waals surface area contributed by atoms with Crippen LogP contribution in [0.5, 0.6) is 0 Å². The SMILES string of the molecule is O=C(C1CCC1)N1CCC(c2nnc(Cn3cncn3)n2C2CC2)CC1. The maximum Gasteiger partial charge on any atom is 0.225 e. The summed E-state index contributed by atoms with van der Waals surface area (Å²) in [5, 5.41) is 13.2. The van der Waals surface area contributed by atoms with Crippen molar-refractivity contribution in [1.29, 1.82) is 0 Å². The van der Waals surface area contributed by atoms with Crippen molar-refractivity contribution in [2.75, 3.05) is 13.1 Å². The van der Waals surface area contributed by atoms with E-state index in [0.717, 1.165) is 50.4 Å². The quantitative estimate of drug-likeness (QED) is 0.816. The number of hydrogen-bond acceptors (Lipinski definition) is 5. The van der Waals surface area contributed by atoms with Gasteiger partial charge in [0.1, 0.15) is 25.0 Å². The molecule has 0 spiro atoms. The molecule has 8 heteroatoms. The Labute approximate surface area is 152 Å². The van der Waals surface area contributed by atoms with E-state index < -0.39 is 0 Å². The molecule has 1 saturated heterocycles. The lowest BCUT2D eigenvalue weighted by Gasteiger charge is -2.36. The third-order valence-electron chi connectivity index (χ3n) is 6.10. The predicted octanol–water partition coefficient (Wildman–Crippen LogP) is 1.76. The lowest BCUT2D eigenvalue weighted by Crippen LogP contribution is -2.43. The molecule has 3 fully saturated rings. The third-order valence-corrected chi connectivity index (χ3v) is 6.10. The number of hydrogen-bond donors (Lipinski definition) is 0. The second-order valence-corrected chi connectivity index (χ2v) is 7.90. The Kier molecular flexibility index (Phi) is 3.98. The monoisotopic (exact) mass is 355 g/mol. The second kappa shape index (κ2) is 6.48. The molecule has 0 atom stereocenters. The molecule has 0 N–H and O–H groups in total. The average Bonchev–Trinajstić information content (AvgIpc) is 3.15. The molecule has 26 heavy (non-hydrogen) atoms. The lowest BCUT2D eigenvalue weighted by atomic mass is 9.83. The van der Waals surface area contributed by atoms with E-state index in [4.69, 9.17) is 0 Å². The average molecular weight is 355 g/mol. The van der Waals surface area contributed by atoms with Crippen LogP contribution in [0.15, 0.2) is 12.7 Å². The van der Waals surface area contributed by atoms with Crippen LogP contribution >= 0.6 is 0 Å². The highest BCUT2D eigenvalue weighted by molar-refractivity contribution is 5.79. The van der Waals surface area contributed by atoms with Gasteiger partial charge >= 0.3 is 0 Å². The van der Waals surface area contributed by atoms with Crippen molar-refractivity contribution in [2.45, 2.75) is 63.5 Å². The van der Waals surface area contributed by atoms with Crippen molar-refractivity contribution in [3.8, 4) is 0 Å². The fraction of sp³-hybridized carbons (Fsp3) is 0.722. The summed E-state index contributed by atoms with van der Waals surface area (Å²) in [7, 11) is 0. The maximum absolute atomic E-state index is 12.5. The van der Waals surface area contributed by atoms with E-state index in [1.165, 1.54) is 19.3 Å². The van der Waals surface area contributed by atoms with Crippen molar-refractivity contribution < 1.29 is 4.79 Å². The summed E-state index contributed by atoms with van der Waals surface area (Å²) >= 11 is 0. The summed E-state index contributed by atoms with van der Waals surface area (Å²) in [5.41, 5.74) is 0. The number of aromatic nitrogens is 6. The highest BCUT2D eigenvalue weighted by Gasteiger charge is 2.36. The zero-order chi connectivity index (χ0) is 17.5. The Hall–Kier alpha value is -2.25. The molecule has 1 aliphatic heterocycles. The van der Waals surface area contributed by atoms with E-state index in [9.17, 15) is 4.79 Å². The molecule has 0 aromatic carbocycles. The second-order valence-electron chi connectivity index (χ2n) is 7.90. The Balaban J connectivity index is 1.29.